The Balaban J connectivity index is 1.36. The Morgan fingerprint density at radius 2 is 1.43 bits per heavy atom. The second kappa shape index (κ2) is 12.1. The van der Waals surface area contributed by atoms with Crippen molar-refractivity contribution in [1.82, 2.24) is 9.21 Å². The molecule has 1 amide bonds. The van der Waals surface area contributed by atoms with E-state index in [1.54, 1.807) is 24.3 Å². The smallest absolute Gasteiger partial charge is 0.416 e. The van der Waals surface area contributed by atoms with E-state index in [4.69, 9.17) is 10.5 Å². The van der Waals surface area contributed by atoms with Crippen molar-refractivity contribution in [3.63, 3.8) is 0 Å². The van der Waals surface area contributed by atoms with Gasteiger partial charge in [0.2, 0.25) is 15.9 Å². The van der Waals surface area contributed by atoms with Gasteiger partial charge in [-0.15, -0.1) is 0 Å². The number of halogens is 5. The van der Waals surface area contributed by atoms with Gasteiger partial charge in [-0.3, -0.25) is 4.79 Å². The summed E-state index contributed by atoms with van der Waals surface area (Å²) in [4.78, 5) is 15.1. The van der Waals surface area contributed by atoms with E-state index >= 15 is 8.78 Å². The number of nitrogens with two attached hydrogens (primary N) is 1. The lowest BCUT2D eigenvalue weighted by Crippen LogP contribution is -2.61. The minimum absolute atomic E-state index is 0.123. The van der Waals surface area contributed by atoms with Crippen LogP contribution >= 0.6 is 0 Å². The molecule has 2 N–H and O–H groups in total. The van der Waals surface area contributed by atoms with Gasteiger partial charge in [0.1, 0.15) is 5.75 Å². The van der Waals surface area contributed by atoms with Gasteiger partial charge in [0.15, 0.2) is 6.04 Å². The van der Waals surface area contributed by atoms with Crippen LogP contribution in [-0.4, -0.2) is 60.8 Å². The van der Waals surface area contributed by atoms with Crippen LogP contribution in [0.4, 0.5) is 22.0 Å². The topological polar surface area (TPSA) is 92.9 Å². The number of rotatable bonds is 8. The first-order valence-corrected chi connectivity index (χ1v) is 16.9. The number of ether oxygens (including phenoxy) is 1. The fourth-order valence-corrected chi connectivity index (χ4v) is 8.59. The lowest BCUT2D eigenvalue weighted by atomic mass is 9.94. The molecule has 6 rings (SSSR count). The van der Waals surface area contributed by atoms with Gasteiger partial charge < -0.3 is 15.4 Å². The second-order valence-corrected chi connectivity index (χ2v) is 14.7. The number of sulfonamides is 1. The molecule has 7 nitrogen and oxygen atoms in total. The van der Waals surface area contributed by atoms with Crippen LogP contribution in [0, 0.1) is 0 Å². The van der Waals surface area contributed by atoms with Crippen molar-refractivity contribution in [2.75, 3.05) is 7.05 Å². The van der Waals surface area contributed by atoms with Crippen molar-refractivity contribution in [3.05, 3.63) is 71.8 Å². The molecular weight excluding hydrogens is 629 g/mol. The van der Waals surface area contributed by atoms with Crippen molar-refractivity contribution >= 4 is 26.7 Å². The molecule has 1 saturated carbocycles. The summed E-state index contributed by atoms with van der Waals surface area (Å²) in [5.41, 5.74) is 4.07. The van der Waals surface area contributed by atoms with Crippen molar-refractivity contribution in [3.8, 4) is 5.75 Å². The summed E-state index contributed by atoms with van der Waals surface area (Å²) in [6.45, 7) is 0. The first-order chi connectivity index (χ1) is 21.7. The van der Waals surface area contributed by atoms with Gasteiger partial charge in [-0.25, -0.2) is 8.42 Å². The first kappa shape index (κ1) is 32.6. The third kappa shape index (κ3) is 6.09. The second-order valence-electron chi connectivity index (χ2n) is 12.7. The largest absolute Gasteiger partial charge is 0.490 e. The fraction of sp³-hybridized carbons (Fsp3) is 0.485. The number of likely N-dealkylation sites (N-methyl/N-ethyl adjacent to an activating group) is 1. The molecule has 3 fully saturated rings. The predicted octanol–water partition coefficient (Wildman–Crippen LogP) is 6.44. The summed E-state index contributed by atoms with van der Waals surface area (Å²) in [7, 11) is -3.81. The zero-order valence-corrected chi connectivity index (χ0v) is 26.0. The highest BCUT2D eigenvalue weighted by Gasteiger charge is 2.56. The van der Waals surface area contributed by atoms with Crippen LogP contribution in [0.5, 0.6) is 5.75 Å². The molecule has 248 valence electrons. The predicted molar refractivity (Wildman–Crippen MR) is 162 cm³/mol. The average molecular weight is 666 g/mol. The van der Waals surface area contributed by atoms with Crippen LogP contribution < -0.4 is 10.5 Å². The van der Waals surface area contributed by atoms with Gasteiger partial charge in [-0.2, -0.15) is 26.3 Å². The van der Waals surface area contributed by atoms with Crippen LogP contribution in [-0.2, 0) is 26.9 Å². The first-order valence-electron chi connectivity index (χ1n) is 15.5. The summed E-state index contributed by atoms with van der Waals surface area (Å²) in [6.07, 6.45) is 1.32. The minimum Gasteiger partial charge on any atom is -0.490 e. The molecule has 46 heavy (non-hydrogen) atoms. The summed E-state index contributed by atoms with van der Waals surface area (Å²) in [5, 5.41) is 1.20. The van der Waals surface area contributed by atoms with Gasteiger partial charge in [0, 0.05) is 30.7 Å². The molecule has 0 aromatic heterocycles. The maximum absolute atomic E-state index is 16.5. The van der Waals surface area contributed by atoms with E-state index in [0.717, 1.165) is 32.7 Å². The number of carbonyl (C=O) groups excluding carboxylic acids is 1. The van der Waals surface area contributed by atoms with Crippen LogP contribution in [0.3, 0.4) is 0 Å². The van der Waals surface area contributed by atoms with E-state index in [-0.39, 0.29) is 17.0 Å². The standard InChI is InChI=1S/C33H36F5N3O4S/c1-40(46(43,44)29-15-7-20-16-28(14-6-21(20)17-29)45-27-4-2-3-5-27)30(31(42)41-25-12-13-26(41)19-24(39)18-25)32(34,35)22-8-10-23(11-9-22)33(36,37)38/h6-11,14-17,24-27,30H,2-5,12-13,18-19,39H2,1H3. The number of benzene rings is 3. The zero-order chi connectivity index (χ0) is 33.0. The van der Waals surface area contributed by atoms with Gasteiger partial charge in [-0.1, -0.05) is 24.3 Å². The number of carbonyl (C=O) groups is 1. The molecule has 3 aromatic carbocycles. The van der Waals surface area contributed by atoms with Crippen molar-refractivity contribution < 1.29 is 39.9 Å². The number of hydrogen-bond donors (Lipinski definition) is 1. The third-order valence-electron chi connectivity index (χ3n) is 9.63. The molecule has 3 unspecified atom stereocenters. The number of alkyl halides is 5. The van der Waals surface area contributed by atoms with Crippen molar-refractivity contribution in [1.29, 1.82) is 0 Å². The normalized spacial score (nSPS) is 23.3. The summed E-state index contributed by atoms with van der Waals surface area (Å²) >= 11 is 0. The maximum Gasteiger partial charge on any atom is 0.416 e. The Morgan fingerprint density at radius 3 is 2.04 bits per heavy atom. The molecule has 2 heterocycles. The highest BCUT2D eigenvalue weighted by molar-refractivity contribution is 7.89. The Labute approximate surface area is 264 Å². The molecule has 2 saturated heterocycles. The number of fused-ring (bicyclic) bond motifs is 3. The van der Waals surface area contributed by atoms with Crippen molar-refractivity contribution in [2.45, 2.75) is 98.6 Å². The van der Waals surface area contributed by atoms with Crippen LogP contribution in [0.25, 0.3) is 10.8 Å². The lowest BCUT2D eigenvalue weighted by molar-refractivity contribution is -0.155. The molecule has 1 aliphatic carbocycles. The Bertz CT molecular complexity index is 1700. The molecule has 3 atom stereocenters. The Kier molecular flexibility index (Phi) is 8.56. The monoisotopic (exact) mass is 665 g/mol. The average Bonchev–Trinajstić information content (AvgIpc) is 3.61. The van der Waals surface area contributed by atoms with Crippen LogP contribution in [0.1, 0.15) is 62.5 Å². The molecule has 3 aromatic rings. The van der Waals surface area contributed by atoms with E-state index in [0.29, 0.717) is 70.8 Å². The van der Waals surface area contributed by atoms with Crippen LogP contribution in [0.2, 0.25) is 0 Å². The van der Waals surface area contributed by atoms with Gasteiger partial charge >= 0.3 is 6.18 Å². The molecule has 2 aliphatic heterocycles. The molecule has 13 heteroatoms. The summed E-state index contributed by atoms with van der Waals surface area (Å²) in [5.74, 6) is -4.65. The Hall–Kier alpha value is -3.29. The van der Waals surface area contributed by atoms with Gasteiger partial charge in [0.25, 0.3) is 5.92 Å². The minimum atomic E-state index is -4.77. The zero-order valence-electron chi connectivity index (χ0n) is 25.2. The van der Waals surface area contributed by atoms with E-state index in [1.807, 2.05) is 0 Å². The summed E-state index contributed by atoms with van der Waals surface area (Å²) in [6, 6.07) is 7.89. The highest BCUT2D eigenvalue weighted by atomic mass is 32.2. The van der Waals surface area contributed by atoms with E-state index in [2.05, 4.69) is 0 Å². The number of amides is 1. The van der Waals surface area contributed by atoms with E-state index < -0.39 is 57.3 Å². The SMILES string of the molecule is CN(C(C(=O)N1C2CCC1CC(N)C2)C(F)(F)c1ccc(C(F)(F)F)cc1)S(=O)(=O)c1ccc2cc(OC3CCCC3)ccc2c1. The number of piperidine rings is 1. The quantitative estimate of drug-likeness (QED) is 0.280. The van der Waals surface area contributed by atoms with Crippen molar-refractivity contribution in [2.24, 2.45) is 5.73 Å². The third-order valence-corrected chi connectivity index (χ3v) is 11.4. The molecular formula is C33H36F5N3O4S. The number of nitrogens with zero attached hydrogens (tertiary/aromatic N) is 2. The van der Waals surface area contributed by atoms with Gasteiger partial charge in [-0.05, 0) is 98.5 Å². The Morgan fingerprint density at radius 1 is 0.870 bits per heavy atom. The molecule has 0 spiro atoms. The van der Waals surface area contributed by atoms with Crippen LogP contribution in [0.15, 0.2) is 65.6 Å². The maximum atomic E-state index is 16.5. The highest BCUT2D eigenvalue weighted by Crippen LogP contribution is 2.43. The lowest BCUT2D eigenvalue weighted by Gasteiger charge is -2.42. The van der Waals surface area contributed by atoms with E-state index in [1.165, 1.54) is 17.0 Å². The fourth-order valence-electron chi connectivity index (χ4n) is 7.24. The van der Waals surface area contributed by atoms with Gasteiger partial charge in [0.05, 0.1) is 16.6 Å². The molecule has 2 bridgehead atoms. The number of hydrogen-bond acceptors (Lipinski definition) is 5. The van der Waals surface area contributed by atoms with E-state index in [9.17, 15) is 26.4 Å². The summed E-state index contributed by atoms with van der Waals surface area (Å²) < 4.78 is 107. The molecule has 0 radical (unpaired) electrons. The molecule has 3 aliphatic rings.